The number of carbonyl (C=O) groups is 3. The average molecular weight is 364 g/mol. The second kappa shape index (κ2) is 6.86. The molecule has 1 heterocycles. The van der Waals surface area contributed by atoms with Gasteiger partial charge in [0.1, 0.15) is 12.1 Å². The second-order valence-electron chi connectivity index (χ2n) is 9.78. The Morgan fingerprint density at radius 3 is 2.38 bits per heavy atom. The molecule has 1 aliphatic heterocycles. The highest BCUT2D eigenvalue weighted by Gasteiger charge is 2.56. The lowest BCUT2D eigenvalue weighted by molar-refractivity contribution is -0.137. The molecule has 3 fully saturated rings. The van der Waals surface area contributed by atoms with Crippen LogP contribution in [0.2, 0.25) is 0 Å². The molecule has 3 rings (SSSR count). The van der Waals surface area contributed by atoms with Crippen molar-refractivity contribution in [3.05, 3.63) is 0 Å². The lowest BCUT2D eigenvalue weighted by Crippen LogP contribution is -2.54. The van der Waals surface area contributed by atoms with Crippen molar-refractivity contribution in [3.63, 3.8) is 0 Å². The molecule has 0 bridgehead atoms. The summed E-state index contributed by atoms with van der Waals surface area (Å²) in [7, 11) is 0. The zero-order valence-corrected chi connectivity index (χ0v) is 16.6. The van der Waals surface area contributed by atoms with Crippen LogP contribution >= 0.6 is 0 Å². The van der Waals surface area contributed by atoms with Gasteiger partial charge in [0.15, 0.2) is 0 Å². The third-order valence-corrected chi connectivity index (χ3v) is 6.31. The fourth-order valence-corrected chi connectivity index (χ4v) is 5.47. The van der Waals surface area contributed by atoms with Crippen LogP contribution in [0.3, 0.4) is 0 Å². The van der Waals surface area contributed by atoms with E-state index in [-0.39, 0.29) is 29.8 Å². The molecule has 3 aliphatic rings. The summed E-state index contributed by atoms with van der Waals surface area (Å²) in [5.41, 5.74) is -0.837. The van der Waals surface area contributed by atoms with E-state index in [1.807, 2.05) is 0 Å². The van der Waals surface area contributed by atoms with E-state index >= 15 is 0 Å². The molecule has 2 saturated carbocycles. The first-order valence-corrected chi connectivity index (χ1v) is 10.0. The lowest BCUT2D eigenvalue weighted by atomic mass is 9.64. The minimum Gasteiger partial charge on any atom is -0.352 e. The van der Waals surface area contributed by atoms with Gasteiger partial charge in [-0.25, -0.2) is 4.79 Å². The van der Waals surface area contributed by atoms with Gasteiger partial charge in [-0.15, -0.1) is 0 Å². The van der Waals surface area contributed by atoms with Gasteiger partial charge in [0, 0.05) is 6.04 Å². The summed E-state index contributed by atoms with van der Waals surface area (Å²) in [6.07, 6.45) is 6.51. The van der Waals surface area contributed by atoms with Gasteiger partial charge in [-0.3, -0.25) is 14.5 Å². The van der Waals surface area contributed by atoms with Crippen molar-refractivity contribution in [1.82, 2.24) is 15.5 Å². The van der Waals surface area contributed by atoms with Gasteiger partial charge >= 0.3 is 6.03 Å². The van der Waals surface area contributed by atoms with Crippen LogP contribution in [0.25, 0.3) is 0 Å². The summed E-state index contributed by atoms with van der Waals surface area (Å²) in [5, 5.41) is 5.94. The monoisotopic (exact) mass is 363 g/mol. The van der Waals surface area contributed by atoms with E-state index in [1.54, 1.807) is 0 Å². The highest BCUT2D eigenvalue weighted by atomic mass is 16.2. The van der Waals surface area contributed by atoms with E-state index in [9.17, 15) is 14.4 Å². The molecule has 4 amide bonds. The molecule has 2 unspecified atom stereocenters. The summed E-state index contributed by atoms with van der Waals surface area (Å²) < 4.78 is 0. The van der Waals surface area contributed by atoms with E-state index in [1.165, 1.54) is 0 Å². The largest absolute Gasteiger partial charge is 0.352 e. The molecule has 2 aliphatic carbocycles. The lowest BCUT2D eigenvalue weighted by Gasteiger charge is -2.43. The molecule has 0 radical (unpaired) electrons. The standard InChI is InChI=1S/C20H33N3O3/c1-13-5-7-15(8-6-13)21-16(24)11-23-17(25)20(22-18(23)26)10-14(2)9-19(3,4)12-20/h13-15H,5-12H2,1-4H3,(H,21,24)(H,22,26). The van der Waals surface area contributed by atoms with Crippen LogP contribution in [-0.2, 0) is 9.59 Å². The molecule has 1 saturated heterocycles. The number of hydrogen-bond acceptors (Lipinski definition) is 3. The summed E-state index contributed by atoms with van der Waals surface area (Å²) in [6, 6.07) is -0.255. The molecule has 2 N–H and O–H groups in total. The highest BCUT2D eigenvalue weighted by molar-refractivity contribution is 6.09. The number of hydrogen-bond donors (Lipinski definition) is 2. The van der Waals surface area contributed by atoms with Crippen LogP contribution in [0.1, 0.15) is 72.6 Å². The SMILES string of the molecule is CC1CCC(NC(=O)CN2C(=O)NC3(CC(C)CC(C)(C)C3)C2=O)CC1. The van der Waals surface area contributed by atoms with Gasteiger partial charge in [-0.1, -0.05) is 27.7 Å². The van der Waals surface area contributed by atoms with Gasteiger partial charge in [0.05, 0.1) is 0 Å². The smallest absolute Gasteiger partial charge is 0.325 e. The number of urea groups is 1. The van der Waals surface area contributed by atoms with Crippen molar-refractivity contribution in [2.24, 2.45) is 17.3 Å². The number of nitrogens with zero attached hydrogens (tertiary/aromatic N) is 1. The van der Waals surface area contributed by atoms with E-state index in [0.717, 1.165) is 37.0 Å². The molecular weight excluding hydrogens is 330 g/mol. The Kier molecular flexibility index (Phi) is 5.06. The molecule has 0 aromatic rings. The molecule has 26 heavy (non-hydrogen) atoms. The topological polar surface area (TPSA) is 78.5 Å². The minimum atomic E-state index is -0.835. The van der Waals surface area contributed by atoms with Gasteiger partial charge in [-0.05, 0) is 62.2 Å². The number of carbonyl (C=O) groups excluding carboxylic acids is 3. The maximum absolute atomic E-state index is 13.1. The molecule has 1 spiro atoms. The second-order valence-corrected chi connectivity index (χ2v) is 9.78. The van der Waals surface area contributed by atoms with Crippen LogP contribution in [0.15, 0.2) is 0 Å². The zero-order chi connectivity index (χ0) is 19.1. The first kappa shape index (κ1) is 19.2. The summed E-state index contributed by atoms with van der Waals surface area (Å²) in [5.74, 6) is 0.620. The minimum absolute atomic E-state index is 0.00232. The van der Waals surface area contributed by atoms with Crippen LogP contribution < -0.4 is 10.6 Å². The maximum atomic E-state index is 13.1. The van der Waals surface area contributed by atoms with Crippen molar-refractivity contribution in [2.45, 2.75) is 84.2 Å². The third-order valence-electron chi connectivity index (χ3n) is 6.31. The van der Waals surface area contributed by atoms with Crippen molar-refractivity contribution in [1.29, 1.82) is 0 Å². The van der Waals surface area contributed by atoms with E-state index in [0.29, 0.717) is 24.7 Å². The Labute approximate surface area is 156 Å². The van der Waals surface area contributed by atoms with E-state index < -0.39 is 11.6 Å². The first-order chi connectivity index (χ1) is 12.1. The molecule has 0 aromatic heterocycles. The maximum Gasteiger partial charge on any atom is 0.325 e. The van der Waals surface area contributed by atoms with Gasteiger partial charge in [0.2, 0.25) is 5.91 Å². The molecule has 146 valence electrons. The van der Waals surface area contributed by atoms with Crippen molar-refractivity contribution in [2.75, 3.05) is 6.54 Å². The number of amides is 4. The van der Waals surface area contributed by atoms with Crippen molar-refractivity contribution in [3.8, 4) is 0 Å². The van der Waals surface area contributed by atoms with Gasteiger partial charge in [-0.2, -0.15) is 0 Å². The highest BCUT2D eigenvalue weighted by Crippen LogP contribution is 2.46. The Morgan fingerprint density at radius 2 is 1.77 bits per heavy atom. The van der Waals surface area contributed by atoms with E-state index in [2.05, 4.69) is 38.3 Å². The van der Waals surface area contributed by atoms with Gasteiger partial charge in [0.25, 0.3) is 5.91 Å². The zero-order valence-electron chi connectivity index (χ0n) is 16.6. The molecule has 6 heteroatoms. The Morgan fingerprint density at radius 1 is 1.12 bits per heavy atom. The number of imide groups is 1. The van der Waals surface area contributed by atoms with Crippen molar-refractivity contribution >= 4 is 17.8 Å². The quantitative estimate of drug-likeness (QED) is 0.757. The molecule has 6 nitrogen and oxygen atoms in total. The van der Waals surface area contributed by atoms with Crippen LogP contribution in [0, 0.1) is 17.3 Å². The Hall–Kier alpha value is -1.59. The predicted octanol–water partition coefficient (Wildman–Crippen LogP) is 2.82. The predicted molar refractivity (Wildman–Crippen MR) is 99.3 cm³/mol. The van der Waals surface area contributed by atoms with Crippen LogP contribution in [0.4, 0.5) is 4.79 Å². The molecule has 2 atom stereocenters. The summed E-state index contributed by atoms with van der Waals surface area (Å²) >= 11 is 0. The first-order valence-electron chi connectivity index (χ1n) is 10.0. The fourth-order valence-electron chi connectivity index (χ4n) is 5.47. The van der Waals surface area contributed by atoms with E-state index in [4.69, 9.17) is 0 Å². The summed E-state index contributed by atoms with van der Waals surface area (Å²) in [6.45, 7) is 8.47. The average Bonchev–Trinajstić information content (AvgIpc) is 2.71. The molecular formula is C20H33N3O3. The van der Waals surface area contributed by atoms with Crippen LogP contribution in [0.5, 0.6) is 0 Å². The fraction of sp³-hybridized carbons (Fsp3) is 0.850. The Bertz CT molecular complexity index is 595. The van der Waals surface area contributed by atoms with Gasteiger partial charge < -0.3 is 10.6 Å². The third kappa shape index (κ3) is 3.89. The van der Waals surface area contributed by atoms with Crippen molar-refractivity contribution < 1.29 is 14.4 Å². The normalized spacial score (nSPS) is 36.9. The number of nitrogens with one attached hydrogen (secondary N) is 2. The summed E-state index contributed by atoms with van der Waals surface area (Å²) in [4.78, 5) is 39.1. The number of rotatable bonds is 3. The van der Waals surface area contributed by atoms with Crippen LogP contribution in [-0.4, -0.2) is 40.9 Å². The Balaban J connectivity index is 1.63. The molecule has 0 aromatic carbocycles.